The quantitative estimate of drug-likeness (QED) is 0.515. The number of aromatic amines is 1. The summed E-state index contributed by atoms with van der Waals surface area (Å²) in [5.74, 6) is 0.451. The molecule has 2 amide bonds. The van der Waals surface area contributed by atoms with Gasteiger partial charge in [-0.05, 0) is 57.7 Å². The van der Waals surface area contributed by atoms with Crippen LogP contribution in [0.1, 0.15) is 62.6 Å². The predicted octanol–water partition coefficient (Wildman–Crippen LogP) is 2.90. The highest BCUT2D eigenvalue weighted by Gasteiger charge is 2.44. The minimum atomic E-state index is -0.541. The van der Waals surface area contributed by atoms with Gasteiger partial charge in [0.25, 0.3) is 0 Å². The van der Waals surface area contributed by atoms with E-state index in [-0.39, 0.29) is 23.7 Å². The van der Waals surface area contributed by atoms with Crippen molar-refractivity contribution in [2.24, 2.45) is 17.6 Å². The molecule has 8 nitrogen and oxygen atoms in total. The average Bonchev–Trinajstić information content (AvgIpc) is 3.26. The minimum Gasteiger partial charge on any atom is -0.490 e. The van der Waals surface area contributed by atoms with Gasteiger partial charge in [-0.25, -0.2) is 0 Å². The van der Waals surface area contributed by atoms with Gasteiger partial charge in [0.2, 0.25) is 11.8 Å². The molecular formula is C28H39N5O3. The number of nitrogens with two attached hydrogens (primary N) is 1. The monoisotopic (exact) mass is 493 g/mol. The summed E-state index contributed by atoms with van der Waals surface area (Å²) in [6.07, 6.45) is 8.54. The molecule has 0 spiro atoms. The zero-order valence-corrected chi connectivity index (χ0v) is 21.2. The third-order valence-electron chi connectivity index (χ3n) is 8.73. The average molecular weight is 494 g/mol. The van der Waals surface area contributed by atoms with Crippen molar-refractivity contribution < 1.29 is 14.3 Å². The number of amides is 2. The van der Waals surface area contributed by atoms with Gasteiger partial charge in [-0.3, -0.25) is 14.5 Å². The van der Waals surface area contributed by atoms with Gasteiger partial charge in [0.05, 0.1) is 11.2 Å². The van der Waals surface area contributed by atoms with Crippen molar-refractivity contribution in [3.05, 3.63) is 29.5 Å². The van der Waals surface area contributed by atoms with Crippen molar-refractivity contribution in [3.63, 3.8) is 0 Å². The lowest BCUT2D eigenvalue weighted by atomic mass is 9.77. The molecule has 0 bridgehead atoms. The number of fused-ring (bicyclic) bond motifs is 3. The first-order chi connectivity index (χ1) is 17.5. The van der Waals surface area contributed by atoms with Crippen LogP contribution in [0, 0.1) is 11.8 Å². The maximum atomic E-state index is 13.7. The van der Waals surface area contributed by atoms with Gasteiger partial charge in [0, 0.05) is 54.5 Å². The smallest absolute Gasteiger partial charge is 0.226 e. The largest absolute Gasteiger partial charge is 0.490 e. The van der Waals surface area contributed by atoms with E-state index in [1.54, 1.807) is 0 Å². The van der Waals surface area contributed by atoms with E-state index < -0.39 is 5.66 Å². The van der Waals surface area contributed by atoms with E-state index in [4.69, 9.17) is 10.5 Å². The topological polar surface area (TPSA) is 104 Å². The molecule has 0 unspecified atom stereocenters. The minimum absolute atomic E-state index is 0.0337. The molecule has 2 aliphatic heterocycles. The van der Waals surface area contributed by atoms with Crippen molar-refractivity contribution in [1.29, 1.82) is 0 Å². The van der Waals surface area contributed by atoms with Crippen LogP contribution in [0.2, 0.25) is 0 Å². The van der Waals surface area contributed by atoms with E-state index in [9.17, 15) is 9.59 Å². The predicted molar refractivity (Wildman–Crippen MR) is 138 cm³/mol. The molecule has 4 N–H and O–H groups in total. The summed E-state index contributed by atoms with van der Waals surface area (Å²) in [6.45, 7) is 5.24. The lowest BCUT2D eigenvalue weighted by Crippen LogP contribution is -2.51. The van der Waals surface area contributed by atoms with Gasteiger partial charge in [0.1, 0.15) is 12.4 Å². The Bertz CT molecular complexity index is 1130. The first-order valence-corrected chi connectivity index (χ1v) is 13.9. The van der Waals surface area contributed by atoms with Gasteiger partial charge in [-0.1, -0.05) is 25.0 Å². The molecule has 36 heavy (non-hydrogen) atoms. The van der Waals surface area contributed by atoms with E-state index in [1.807, 2.05) is 17.0 Å². The number of hydrogen-bond acceptors (Lipinski definition) is 5. The number of nitrogens with one attached hydrogen (secondary N) is 2. The number of carbonyl (C=O) groups excluding carboxylic acids is 2. The first kappa shape index (κ1) is 23.8. The lowest BCUT2D eigenvalue weighted by Gasteiger charge is -2.36. The fourth-order valence-corrected chi connectivity index (χ4v) is 6.38. The van der Waals surface area contributed by atoms with Gasteiger partial charge in [-0.15, -0.1) is 0 Å². The number of likely N-dealkylation sites (tertiary alicyclic amines) is 1. The third-order valence-corrected chi connectivity index (χ3v) is 8.73. The highest BCUT2D eigenvalue weighted by molar-refractivity contribution is 5.92. The normalized spacial score (nSPS) is 25.5. The SMILES string of the molecule is NC1(NC(=O)[C@@H]2CCCC[C@H]2C(=O)N2CCc3[nH]c4c(OCCN5CCCC5)cccc4c3C2)CC1. The van der Waals surface area contributed by atoms with Crippen LogP contribution in [0.15, 0.2) is 18.2 Å². The molecule has 3 fully saturated rings. The molecule has 1 saturated heterocycles. The Morgan fingerprint density at radius 2 is 1.86 bits per heavy atom. The van der Waals surface area contributed by atoms with E-state index in [1.165, 1.54) is 37.2 Å². The number of hydrogen-bond donors (Lipinski definition) is 3. The number of ether oxygens (including phenoxy) is 1. The van der Waals surface area contributed by atoms with Crippen LogP contribution < -0.4 is 15.8 Å². The van der Waals surface area contributed by atoms with Crippen LogP contribution in [0.25, 0.3) is 10.9 Å². The molecule has 4 aliphatic rings. The Hall–Kier alpha value is -2.58. The van der Waals surface area contributed by atoms with Crippen molar-refractivity contribution in [1.82, 2.24) is 20.1 Å². The summed E-state index contributed by atoms with van der Waals surface area (Å²) < 4.78 is 6.21. The number of carbonyl (C=O) groups is 2. The molecule has 194 valence electrons. The summed E-state index contributed by atoms with van der Waals surface area (Å²) >= 11 is 0. The molecule has 3 heterocycles. The van der Waals surface area contributed by atoms with Crippen LogP contribution in [0.4, 0.5) is 0 Å². The number of para-hydroxylation sites is 1. The van der Waals surface area contributed by atoms with Gasteiger partial charge in [0.15, 0.2) is 0 Å². The molecule has 2 aromatic rings. The number of nitrogens with zero attached hydrogens (tertiary/aromatic N) is 2. The summed E-state index contributed by atoms with van der Waals surface area (Å²) in [4.78, 5) is 34.8. The van der Waals surface area contributed by atoms with Crippen LogP contribution in [-0.4, -0.2) is 65.0 Å². The zero-order valence-electron chi connectivity index (χ0n) is 21.2. The standard InChI is InChI=1S/C28H39N5O3/c29-28(11-12-28)31-26(34)20-6-1-2-7-21(20)27(35)33-15-10-23-22(18-33)19-8-5-9-24(25(19)30-23)36-17-16-32-13-3-4-14-32/h5,8-9,20-21,30H,1-4,6-7,10-18,29H2,(H,31,34)/t20-,21-/m1/s1. The van der Waals surface area contributed by atoms with Crippen LogP contribution in [0.5, 0.6) is 5.75 Å². The van der Waals surface area contributed by atoms with E-state index in [0.29, 0.717) is 19.7 Å². The Morgan fingerprint density at radius 1 is 1.08 bits per heavy atom. The molecule has 1 aromatic carbocycles. The molecule has 1 aromatic heterocycles. The number of aromatic nitrogens is 1. The van der Waals surface area contributed by atoms with Gasteiger partial charge >= 0.3 is 0 Å². The molecule has 2 saturated carbocycles. The number of H-pyrrole nitrogens is 1. The maximum absolute atomic E-state index is 13.7. The fourth-order valence-electron chi connectivity index (χ4n) is 6.38. The van der Waals surface area contributed by atoms with E-state index >= 15 is 0 Å². The lowest BCUT2D eigenvalue weighted by molar-refractivity contribution is -0.144. The maximum Gasteiger partial charge on any atom is 0.226 e. The number of rotatable bonds is 7. The Kier molecular flexibility index (Phi) is 6.42. The fraction of sp³-hybridized carbons (Fsp3) is 0.643. The van der Waals surface area contributed by atoms with Gasteiger partial charge in [-0.2, -0.15) is 0 Å². The van der Waals surface area contributed by atoms with Crippen molar-refractivity contribution in [3.8, 4) is 5.75 Å². The second-order valence-corrected chi connectivity index (χ2v) is 11.3. The molecular weight excluding hydrogens is 454 g/mol. The molecule has 2 atom stereocenters. The van der Waals surface area contributed by atoms with Crippen molar-refractivity contribution in [2.45, 2.75) is 70.0 Å². The van der Waals surface area contributed by atoms with Crippen LogP contribution in [0.3, 0.4) is 0 Å². The first-order valence-electron chi connectivity index (χ1n) is 13.9. The molecule has 0 radical (unpaired) electrons. The highest BCUT2D eigenvalue weighted by atomic mass is 16.5. The second-order valence-electron chi connectivity index (χ2n) is 11.3. The zero-order chi connectivity index (χ0) is 24.7. The van der Waals surface area contributed by atoms with Gasteiger partial charge < -0.3 is 25.7 Å². The summed E-state index contributed by atoms with van der Waals surface area (Å²) in [6, 6.07) is 6.20. The van der Waals surface area contributed by atoms with E-state index in [2.05, 4.69) is 21.3 Å². The van der Waals surface area contributed by atoms with Crippen LogP contribution >= 0.6 is 0 Å². The highest BCUT2D eigenvalue weighted by Crippen LogP contribution is 2.37. The number of benzene rings is 1. The molecule has 6 rings (SSSR count). The Balaban J connectivity index is 1.15. The molecule has 8 heteroatoms. The second kappa shape index (κ2) is 9.71. The summed E-state index contributed by atoms with van der Waals surface area (Å²) in [5.41, 5.74) is 9.02. The Labute approximate surface area is 212 Å². The van der Waals surface area contributed by atoms with Crippen molar-refractivity contribution in [2.75, 3.05) is 32.8 Å². The summed E-state index contributed by atoms with van der Waals surface area (Å²) in [5, 5.41) is 4.15. The Morgan fingerprint density at radius 3 is 2.64 bits per heavy atom. The van der Waals surface area contributed by atoms with E-state index in [0.717, 1.165) is 68.1 Å². The molecule has 2 aliphatic carbocycles. The van der Waals surface area contributed by atoms with Crippen LogP contribution in [-0.2, 0) is 22.6 Å². The van der Waals surface area contributed by atoms with Crippen molar-refractivity contribution >= 4 is 22.7 Å². The summed E-state index contributed by atoms with van der Waals surface area (Å²) in [7, 11) is 0. The third kappa shape index (κ3) is 4.73.